The summed E-state index contributed by atoms with van der Waals surface area (Å²) < 4.78 is 32.9. The van der Waals surface area contributed by atoms with Gasteiger partial charge in [0.1, 0.15) is 24.7 Å². The minimum absolute atomic E-state index is 0.0313. The number of hydrogen-bond acceptors (Lipinski definition) is 11. The van der Waals surface area contributed by atoms with Gasteiger partial charge in [0.05, 0.1) is 49.6 Å². The average Bonchev–Trinajstić information content (AvgIpc) is 3.04. The van der Waals surface area contributed by atoms with Crippen molar-refractivity contribution in [1.82, 2.24) is 9.97 Å². The smallest absolute Gasteiger partial charge is 0.343 e. The Morgan fingerprint density at radius 3 is 1.78 bits per heavy atom. The van der Waals surface area contributed by atoms with Crippen LogP contribution in [0.1, 0.15) is 82.5 Å². The number of carbonyl (C=O) groups excluding carboxylic acids is 3. The van der Waals surface area contributed by atoms with Gasteiger partial charge < -0.3 is 28.4 Å². The monoisotopic (exact) mass is 678 g/mol. The first-order valence-electron chi connectivity index (χ1n) is 16.5. The molecule has 266 valence electrons. The van der Waals surface area contributed by atoms with Gasteiger partial charge in [0, 0.05) is 18.0 Å². The molecular weight excluding hydrogens is 628 g/mol. The topological polar surface area (TPSA) is 132 Å². The SMILES string of the molecule is CC(C)OC(=O)c1cnc(-c2ccc(OC(=O)c3ccc(OCCOCCOCCOC(=O)C(CC(C)(C)C)C(C)(C)C)cc3)cc2)nc1. The minimum Gasteiger partial charge on any atom is -0.491 e. The van der Waals surface area contributed by atoms with Crippen molar-refractivity contribution in [2.45, 2.75) is 67.9 Å². The Labute approximate surface area is 289 Å². The van der Waals surface area contributed by atoms with E-state index in [2.05, 4.69) is 51.5 Å². The highest BCUT2D eigenvalue weighted by Crippen LogP contribution is 2.36. The van der Waals surface area contributed by atoms with Gasteiger partial charge in [0.15, 0.2) is 5.82 Å². The van der Waals surface area contributed by atoms with Gasteiger partial charge in [-0.3, -0.25) is 4.79 Å². The van der Waals surface area contributed by atoms with Crippen LogP contribution in [0.3, 0.4) is 0 Å². The summed E-state index contributed by atoms with van der Waals surface area (Å²) in [5.74, 6) is 0.0153. The second-order valence-corrected chi connectivity index (χ2v) is 14.1. The Balaban J connectivity index is 1.30. The van der Waals surface area contributed by atoms with Gasteiger partial charge in [-0.25, -0.2) is 19.6 Å². The van der Waals surface area contributed by atoms with Crippen molar-refractivity contribution < 1.29 is 42.8 Å². The molecule has 0 radical (unpaired) electrons. The third kappa shape index (κ3) is 14.0. The predicted octanol–water partition coefficient (Wildman–Crippen LogP) is 6.98. The van der Waals surface area contributed by atoms with Crippen LogP contribution in [0.25, 0.3) is 11.4 Å². The molecule has 0 fully saturated rings. The van der Waals surface area contributed by atoms with E-state index in [9.17, 15) is 14.4 Å². The van der Waals surface area contributed by atoms with Crippen molar-refractivity contribution in [3.05, 3.63) is 72.1 Å². The molecule has 0 saturated carbocycles. The lowest BCUT2D eigenvalue weighted by Crippen LogP contribution is -2.34. The molecule has 49 heavy (non-hydrogen) atoms. The van der Waals surface area contributed by atoms with Crippen molar-refractivity contribution >= 4 is 17.9 Å². The molecule has 11 heteroatoms. The Hall–Kier alpha value is -4.35. The van der Waals surface area contributed by atoms with Gasteiger partial charge in [-0.2, -0.15) is 0 Å². The highest BCUT2D eigenvalue weighted by molar-refractivity contribution is 5.91. The number of esters is 3. The lowest BCUT2D eigenvalue weighted by Gasteiger charge is -2.33. The molecule has 0 bridgehead atoms. The second-order valence-electron chi connectivity index (χ2n) is 14.1. The fourth-order valence-corrected chi connectivity index (χ4v) is 4.59. The van der Waals surface area contributed by atoms with E-state index >= 15 is 0 Å². The fraction of sp³-hybridized carbons (Fsp3) is 0.500. The lowest BCUT2D eigenvalue weighted by molar-refractivity contribution is -0.155. The molecule has 2 aromatic carbocycles. The van der Waals surface area contributed by atoms with Gasteiger partial charge in [0.2, 0.25) is 0 Å². The number of benzene rings is 2. The lowest BCUT2D eigenvalue weighted by atomic mass is 9.72. The first-order valence-corrected chi connectivity index (χ1v) is 16.5. The van der Waals surface area contributed by atoms with Crippen LogP contribution in [0.2, 0.25) is 0 Å². The molecule has 0 spiro atoms. The Bertz CT molecular complexity index is 1470. The van der Waals surface area contributed by atoms with Crippen molar-refractivity contribution in [3.8, 4) is 22.9 Å². The molecule has 1 unspecified atom stereocenters. The summed E-state index contributed by atoms with van der Waals surface area (Å²) in [6, 6.07) is 13.4. The molecule has 0 aliphatic rings. The van der Waals surface area contributed by atoms with Crippen molar-refractivity contribution in [1.29, 1.82) is 0 Å². The largest absolute Gasteiger partial charge is 0.491 e. The van der Waals surface area contributed by atoms with Crippen molar-refractivity contribution in [2.75, 3.05) is 39.6 Å². The van der Waals surface area contributed by atoms with E-state index in [4.69, 9.17) is 28.4 Å². The van der Waals surface area contributed by atoms with Gasteiger partial charge in [-0.1, -0.05) is 41.5 Å². The maximum atomic E-state index is 12.7. The van der Waals surface area contributed by atoms with E-state index < -0.39 is 11.9 Å². The Morgan fingerprint density at radius 2 is 1.22 bits per heavy atom. The molecule has 0 aliphatic carbocycles. The van der Waals surface area contributed by atoms with Crippen molar-refractivity contribution in [3.63, 3.8) is 0 Å². The zero-order valence-corrected chi connectivity index (χ0v) is 29.9. The van der Waals surface area contributed by atoms with Crippen LogP contribution in [0, 0.1) is 16.7 Å². The molecule has 1 aromatic heterocycles. The van der Waals surface area contributed by atoms with E-state index in [1.54, 1.807) is 62.4 Å². The van der Waals surface area contributed by atoms with E-state index in [0.29, 0.717) is 61.5 Å². The summed E-state index contributed by atoms with van der Waals surface area (Å²) in [4.78, 5) is 45.8. The van der Waals surface area contributed by atoms with E-state index in [0.717, 1.165) is 6.42 Å². The van der Waals surface area contributed by atoms with Crippen LogP contribution in [0.15, 0.2) is 60.9 Å². The van der Waals surface area contributed by atoms with Crippen molar-refractivity contribution in [2.24, 2.45) is 16.7 Å². The highest BCUT2D eigenvalue weighted by Gasteiger charge is 2.35. The number of nitrogens with zero attached hydrogens (tertiary/aromatic N) is 2. The summed E-state index contributed by atoms with van der Waals surface area (Å²) in [7, 11) is 0. The zero-order chi connectivity index (χ0) is 36.0. The average molecular weight is 679 g/mol. The first kappa shape index (κ1) is 39.1. The van der Waals surface area contributed by atoms with Crippen LogP contribution in [0.4, 0.5) is 0 Å². The number of rotatable bonds is 17. The van der Waals surface area contributed by atoms with Gasteiger partial charge >= 0.3 is 17.9 Å². The van der Waals surface area contributed by atoms with E-state index in [1.165, 1.54) is 12.4 Å². The minimum atomic E-state index is -0.513. The quantitative estimate of drug-likeness (QED) is 0.0832. The molecule has 1 heterocycles. The van der Waals surface area contributed by atoms with E-state index in [-0.39, 0.29) is 41.0 Å². The third-order valence-electron chi connectivity index (χ3n) is 7.13. The van der Waals surface area contributed by atoms with Crippen LogP contribution in [-0.2, 0) is 23.7 Å². The normalized spacial score (nSPS) is 12.3. The molecule has 11 nitrogen and oxygen atoms in total. The number of ether oxygens (including phenoxy) is 6. The highest BCUT2D eigenvalue weighted by atomic mass is 16.6. The summed E-state index contributed by atoms with van der Waals surface area (Å²) in [6.45, 7) is 18.1. The maximum absolute atomic E-state index is 12.7. The first-order chi connectivity index (χ1) is 23.1. The summed E-state index contributed by atoms with van der Waals surface area (Å²) in [5, 5.41) is 0. The molecule has 1 atom stereocenters. The molecule has 3 aromatic rings. The molecule has 0 saturated heterocycles. The molecular formula is C38H50N2O9. The van der Waals surface area contributed by atoms with Crippen LogP contribution < -0.4 is 9.47 Å². The second kappa shape index (κ2) is 18.4. The molecule has 3 rings (SSSR count). The van der Waals surface area contributed by atoms with Gasteiger partial charge in [-0.05, 0) is 79.6 Å². The van der Waals surface area contributed by atoms with Crippen LogP contribution >= 0.6 is 0 Å². The zero-order valence-electron chi connectivity index (χ0n) is 29.9. The third-order valence-corrected chi connectivity index (χ3v) is 7.13. The van der Waals surface area contributed by atoms with Gasteiger partial charge in [-0.15, -0.1) is 0 Å². The standard InChI is InChI=1S/C38H50N2O9/c1-26(2)48-35(42)29-24-39-33(40-25-29)27-9-15-31(16-10-27)49-34(41)28-11-13-30(14-12-28)46-21-19-44-17-18-45-20-22-47-36(43)32(38(6,7)8)23-37(3,4)5/h9-16,24-26,32H,17-23H2,1-8H3. The van der Waals surface area contributed by atoms with E-state index in [1.807, 2.05) is 0 Å². The molecule has 0 aliphatic heterocycles. The Kier molecular flexibility index (Phi) is 14.7. The molecule has 0 N–H and O–H groups in total. The molecule has 0 amide bonds. The van der Waals surface area contributed by atoms with Crippen LogP contribution in [-0.4, -0.2) is 73.6 Å². The summed E-state index contributed by atoms with van der Waals surface area (Å²) >= 11 is 0. The van der Waals surface area contributed by atoms with Crippen LogP contribution in [0.5, 0.6) is 11.5 Å². The Morgan fingerprint density at radius 1 is 0.673 bits per heavy atom. The summed E-state index contributed by atoms with van der Waals surface area (Å²) in [5.41, 5.74) is 1.18. The van der Waals surface area contributed by atoms with Gasteiger partial charge in [0.25, 0.3) is 0 Å². The number of carbonyl (C=O) groups is 3. The maximum Gasteiger partial charge on any atom is 0.343 e. The fourth-order valence-electron chi connectivity index (χ4n) is 4.59. The summed E-state index contributed by atoms with van der Waals surface area (Å²) in [6.07, 6.45) is 3.35. The number of aromatic nitrogens is 2. The predicted molar refractivity (Wildman–Crippen MR) is 185 cm³/mol. The number of hydrogen-bond donors (Lipinski definition) is 0.